The first-order chi connectivity index (χ1) is 12.3. The molecule has 134 valence electrons. The maximum Gasteiger partial charge on any atom is 0.274 e. The number of fused-ring (bicyclic) bond motifs is 1. The SMILES string of the molecule is Cc1sc2ncn(CC(=O)Nc3cccc([N+](=O)[O-])c3C)c(=O)c2c1C. The summed E-state index contributed by atoms with van der Waals surface area (Å²) < 4.78 is 1.24. The smallest absolute Gasteiger partial charge is 0.274 e. The van der Waals surface area contributed by atoms with Crippen LogP contribution in [0.3, 0.4) is 0 Å². The van der Waals surface area contributed by atoms with Crippen LogP contribution in [0.2, 0.25) is 0 Å². The zero-order chi connectivity index (χ0) is 19.0. The lowest BCUT2D eigenvalue weighted by molar-refractivity contribution is -0.385. The van der Waals surface area contributed by atoms with Crippen molar-refractivity contribution in [3.05, 3.63) is 61.0 Å². The van der Waals surface area contributed by atoms with Gasteiger partial charge in [0.15, 0.2) is 0 Å². The molecule has 26 heavy (non-hydrogen) atoms. The maximum atomic E-state index is 12.6. The third-order valence-electron chi connectivity index (χ3n) is 4.25. The lowest BCUT2D eigenvalue weighted by Crippen LogP contribution is -2.28. The molecule has 0 saturated heterocycles. The van der Waals surface area contributed by atoms with Gasteiger partial charge in [0.05, 0.1) is 27.9 Å². The number of anilines is 1. The molecular weight excluding hydrogens is 356 g/mol. The van der Waals surface area contributed by atoms with Gasteiger partial charge in [-0.05, 0) is 32.4 Å². The van der Waals surface area contributed by atoms with Crippen molar-refractivity contribution in [2.75, 3.05) is 5.32 Å². The molecule has 0 radical (unpaired) electrons. The van der Waals surface area contributed by atoms with Crippen LogP contribution in [0.4, 0.5) is 11.4 Å². The Balaban J connectivity index is 1.88. The predicted octanol–water partition coefficient (Wildman–Crippen LogP) is 2.93. The zero-order valence-corrected chi connectivity index (χ0v) is 15.2. The second-order valence-electron chi connectivity index (χ2n) is 5.90. The van der Waals surface area contributed by atoms with Crippen LogP contribution in [-0.2, 0) is 11.3 Å². The highest BCUT2D eigenvalue weighted by Crippen LogP contribution is 2.26. The molecule has 2 heterocycles. The summed E-state index contributed by atoms with van der Waals surface area (Å²) in [5.74, 6) is -0.457. The van der Waals surface area contributed by atoms with Crippen LogP contribution in [0.1, 0.15) is 16.0 Å². The summed E-state index contributed by atoms with van der Waals surface area (Å²) in [6.45, 7) is 5.11. The van der Waals surface area contributed by atoms with Gasteiger partial charge in [-0.2, -0.15) is 0 Å². The van der Waals surface area contributed by atoms with Crippen molar-refractivity contribution in [1.82, 2.24) is 9.55 Å². The van der Waals surface area contributed by atoms with E-state index in [1.165, 1.54) is 34.4 Å². The molecule has 0 aliphatic carbocycles. The van der Waals surface area contributed by atoms with E-state index in [9.17, 15) is 19.7 Å². The molecule has 0 bridgehead atoms. The first-order valence-electron chi connectivity index (χ1n) is 7.78. The molecule has 8 nitrogen and oxygen atoms in total. The Labute approximate surface area is 152 Å². The first kappa shape index (κ1) is 17.7. The normalized spacial score (nSPS) is 10.9. The summed E-state index contributed by atoms with van der Waals surface area (Å²) in [5.41, 5.74) is 1.21. The molecule has 0 fully saturated rings. The standard InChI is InChI=1S/C17H16N4O4S/c1-9-11(3)26-16-15(9)17(23)20(8-18-16)7-14(22)19-12-5-4-6-13(10(12)2)21(24)25/h4-6,8H,7H2,1-3H3,(H,19,22). The summed E-state index contributed by atoms with van der Waals surface area (Å²) in [7, 11) is 0. The van der Waals surface area contributed by atoms with Gasteiger partial charge in [0.2, 0.25) is 5.91 Å². The van der Waals surface area contributed by atoms with Gasteiger partial charge in [-0.3, -0.25) is 24.3 Å². The van der Waals surface area contributed by atoms with E-state index in [2.05, 4.69) is 10.3 Å². The van der Waals surface area contributed by atoms with E-state index >= 15 is 0 Å². The van der Waals surface area contributed by atoms with E-state index in [0.29, 0.717) is 21.5 Å². The molecule has 0 saturated carbocycles. The highest BCUT2D eigenvalue weighted by molar-refractivity contribution is 7.18. The van der Waals surface area contributed by atoms with Crippen LogP contribution in [0.5, 0.6) is 0 Å². The van der Waals surface area contributed by atoms with Crippen LogP contribution >= 0.6 is 11.3 Å². The fourth-order valence-electron chi connectivity index (χ4n) is 2.68. The largest absolute Gasteiger partial charge is 0.324 e. The maximum absolute atomic E-state index is 12.6. The highest BCUT2D eigenvalue weighted by atomic mass is 32.1. The molecule has 2 aromatic heterocycles. The van der Waals surface area contributed by atoms with Crippen LogP contribution in [0.15, 0.2) is 29.3 Å². The van der Waals surface area contributed by atoms with Gasteiger partial charge in [-0.25, -0.2) is 4.98 Å². The summed E-state index contributed by atoms with van der Waals surface area (Å²) in [5, 5.41) is 14.1. The van der Waals surface area contributed by atoms with E-state index in [0.717, 1.165) is 10.4 Å². The quantitative estimate of drug-likeness (QED) is 0.560. The van der Waals surface area contributed by atoms with E-state index in [1.54, 1.807) is 13.0 Å². The second kappa shape index (κ2) is 6.68. The summed E-state index contributed by atoms with van der Waals surface area (Å²) in [6, 6.07) is 4.45. The van der Waals surface area contributed by atoms with Crippen molar-refractivity contribution in [3.63, 3.8) is 0 Å². The second-order valence-corrected chi connectivity index (χ2v) is 7.10. The van der Waals surface area contributed by atoms with Crippen molar-refractivity contribution >= 4 is 38.8 Å². The Morgan fingerprint density at radius 2 is 2.04 bits per heavy atom. The fourth-order valence-corrected chi connectivity index (χ4v) is 3.67. The molecule has 3 aromatic rings. The van der Waals surface area contributed by atoms with Crippen LogP contribution in [0.25, 0.3) is 10.2 Å². The third kappa shape index (κ3) is 3.08. The topological polar surface area (TPSA) is 107 Å². The molecule has 3 rings (SSSR count). The first-order valence-corrected chi connectivity index (χ1v) is 8.60. The number of nitrogens with one attached hydrogen (secondary N) is 1. The molecule has 1 amide bonds. The lowest BCUT2D eigenvalue weighted by atomic mass is 10.1. The molecule has 0 spiro atoms. The number of aryl methyl sites for hydroxylation is 2. The van der Waals surface area contributed by atoms with Gasteiger partial charge in [0.1, 0.15) is 11.4 Å². The van der Waals surface area contributed by atoms with E-state index in [1.807, 2.05) is 13.8 Å². The number of hydrogen-bond donors (Lipinski definition) is 1. The summed E-state index contributed by atoms with van der Waals surface area (Å²) in [6.07, 6.45) is 1.35. The average Bonchev–Trinajstić information content (AvgIpc) is 2.87. The number of carbonyl (C=O) groups is 1. The van der Waals surface area contributed by atoms with Crippen LogP contribution in [0, 0.1) is 30.9 Å². The summed E-state index contributed by atoms with van der Waals surface area (Å²) in [4.78, 5) is 41.4. The number of amides is 1. The number of rotatable bonds is 4. The molecular formula is C17H16N4O4S. The molecule has 0 aliphatic rings. The Morgan fingerprint density at radius 1 is 1.31 bits per heavy atom. The minimum atomic E-state index is -0.505. The minimum absolute atomic E-state index is 0.0765. The number of aromatic nitrogens is 2. The van der Waals surface area contributed by atoms with Gasteiger partial charge < -0.3 is 5.32 Å². The van der Waals surface area contributed by atoms with Crippen molar-refractivity contribution < 1.29 is 9.72 Å². The average molecular weight is 372 g/mol. The van der Waals surface area contributed by atoms with E-state index < -0.39 is 10.8 Å². The molecule has 0 unspecified atom stereocenters. The van der Waals surface area contributed by atoms with Gasteiger partial charge in [0.25, 0.3) is 11.2 Å². The molecule has 0 atom stereocenters. The van der Waals surface area contributed by atoms with Crippen molar-refractivity contribution in [2.45, 2.75) is 27.3 Å². The molecule has 0 aliphatic heterocycles. The monoisotopic (exact) mass is 372 g/mol. The van der Waals surface area contributed by atoms with Crippen LogP contribution in [-0.4, -0.2) is 20.4 Å². The van der Waals surface area contributed by atoms with Gasteiger partial charge in [-0.15, -0.1) is 11.3 Å². The van der Waals surface area contributed by atoms with Crippen molar-refractivity contribution in [2.24, 2.45) is 0 Å². The molecule has 1 N–H and O–H groups in total. The number of carbonyl (C=O) groups excluding carboxylic acids is 1. The molecule has 9 heteroatoms. The molecule has 1 aromatic carbocycles. The number of hydrogen-bond acceptors (Lipinski definition) is 6. The summed E-state index contributed by atoms with van der Waals surface area (Å²) >= 11 is 1.44. The fraction of sp³-hybridized carbons (Fsp3) is 0.235. The Morgan fingerprint density at radius 3 is 2.73 bits per heavy atom. The number of benzene rings is 1. The Bertz CT molecular complexity index is 1100. The number of nitro benzene ring substituents is 1. The van der Waals surface area contributed by atoms with Gasteiger partial charge in [-0.1, -0.05) is 6.07 Å². The highest BCUT2D eigenvalue weighted by Gasteiger charge is 2.17. The lowest BCUT2D eigenvalue weighted by Gasteiger charge is -2.10. The minimum Gasteiger partial charge on any atom is -0.324 e. The number of thiophene rings is 1. The van der Waals surface area contributed by atoms with Crippen molar-refractivity contribution in [1.29, 1.82) is 0 Å². The van der Waals surface area contributed by atoms with Crippen LogP contribution < -0.4 is 10.9 Å². The predicted molar refractivity (Wildman–Crippen MR) is 99.8 cm³/mol. The van der Waals surface area contributed by atoms with Gasteiger partial charge >= 0.3 is 0 Å². The Hall–Kier alpha value is -3.07. The van der Waals surface area contributed by atoms with Crippen molar-refractivity contribution in [3.8, 4) is 0 Å². The number of nitrogens with zero attached hydrogens (tertiary/aromatic N) is 3. The Kier molecular flexibility index (Phi) is 4.56. The third-order valence-corrected chi connectivity index (χ3v) is 5.36. The number of nitro groups is 1. The van der Waals surface area contributed by atoms with Gasteiger partial charge in [0, 0.05) is 10.9 Å². The zero-order valence-electron chi connectivity index (χ0n) is 14.4. The van der Waals surface area contributed by atoms with E-state index in [-0.39, 0.29) is 17.8 Å². The van der Waals surface area contributed by atoms with E-state index in [4.69, 9.17) is 0 Å².